The van der Waals surface area contributed by atoms with Crippen LogP contribution >= 0.6 is 11.8 Å². The highest BCUT2D eigenvalue weighted by atomic mass is 32.2. The van der Waals surface area contributed by atoms with Crippen molar-refractivity contribution in [2.45, 2.75) is 30.9 Å². The van der Waals surface area contributed by atoms with Gasteiger partial charge in [0.2, 0.25) is 0 Å². The average Bonchev–Trinajstić information content (AvgIpc) is 2.26. The van der Waals surface area contributed by atoms with Crippen LogP contribution < -0.4 is 0 Å². The largest absolute Gasteiger partial charge is 0.411 e. The van der Waals surface area contributed by atoms with E-state index >= 15 is 0 Å². The molecule has 15 heavy (non-hydrogen) atoms. The Morgan fingerprint density at radius 3 is 2.33 bits per heavy atom. The van der Waals surface area contributed by atoms with Crippen molar-refractivity contribution in [3.63, 3.8) is 0 Å². The first-order valence-corrected chi connectivity index (χ1v) is 5.93. The van der Waals surface area contributed by atoms with Crippen molar-refractivity contribution < 1.29 is 5.21 Å². The standard InChI is InChI=1S/C12H17NOS/c1-9(2)12(10(3)13-14)15-11-7-5-4-6-8-11/h4-9,12,14H,1-3H3/b13-10+/t12-/m1/s1. The third-order valence-corrected chi connectivity index (χ3v) is 3.86. The lowest BCUT2D eigenvalue weighted by Crippen LogP contribution is -2.20. The number of benzene rings is 1. The lowest BCUT2D eigenvalue weighted by atomic mass is 10.1. The topological polar surface area (TPSA) is 32.6 Å². The zero-order chi connectivity index (χ0) is 11.3. The smallest absolute Gasteiger partial charge is 0.0675 e. The van der Waals surface area contributed by atoms with E-state index in [1.165, 1.54) is 4.90 Å². The minimum atomic E-state index is 0.234. The highest BCUT2D eigenvalue weighted by Crippen LogP contribution is 2.28. The van der Waals surface area contributed by atoms with Gasteiger partial charge in [0.25, 0.3) is 0 Å². The van der Waals surface area contributed by atoms with Crippen molar-refractivity contribution in [3.8, 4) is 0 Å². The molecule has 0 radical (unpaired) electrons. The summed E-state index contributed by atoms with van der Waals surface area (Å²) in [4.78, 5) is 1.21. The molecule has 0 spiro atoms. The molecule has 2 nitrogen and oxygen atoms in total. The van der Waals surface area contributed by atoms with Gasteiger partial charge in [-0.05, 0) is 25.0 Å². The van der Waals surface area contributed by atoms with Crippen LogP contribution in [-0.4, -0.2) is 16.2 Å². The Balaban J connectivity index is 2.76. The maximum Gasteiger partial charge on any atom is 0.0675 e. The average molecular weight is 223 g/mol. The Morgan fingerprint density at radius 2 is 1.87 bits per heavy atom. The van der Waals surface area contributed by atoms with Gasteiger partial charge in [0.1, 0.15) is 0 Å². The molecule has 1 rings (SSSR count). The second kappa shape index (κ2) is 5.81. The van der Waals surface area contributed by atoms with E-state index in [0.717, 1.165) is 5.71 Å². The molecule has 0 heterocycles. The monoisotopic (exact) mass is 223 g/mol. The minimum absolute atomic E-state index is 0.234. The molecule has 1 aromatic rings. The van der Waals surface area contributed by atoms with Crippen molar-refractivity contribution >= 4 is 17.5 Å². The number of thioether (sulfide) groups is 1. The van der Waals surface area contributed by atoms with E-state index in [1.807, 2.05) is 25.1 Å². The van der Waals surface area contributed by atoms with E-state index in [1.54, 1.807) is 11.8 Å². The van der Waals surface area contributed by atoms with E-state index in [9.17, 15) is 0 Å². The number of hydrogen-bond acceptors (Lipinski definition) is 3. The molecule has 0 aliphatic heterocycles. The molecule has 0 fully saturated rings. The fourth-order valence-corrected chi connectivity index (χ4v) is 2.50. The normalized spacial score (nSPS) is 14.3. The number of nitrogens with zero attached hydrogens (tertiary/aromatic N) is 1. The van der Waals surface area contributed by atoms with Crippen LogP contribution in [-0.2, 0) is 0 Å². The molecule has 0 bridgehead atoms. The summed E-state index contributed by atoms with van der Waals surface area (Å²) < 4.78 is 0. The van der Waals surface area contributed by atoms with Gasteiger partial charge >= 0.3 is 0 Å². The Labute approximate surface area is 95.4 Å². The highest BCUT2D eigenvalue weighted by molar-refractivity contribution is 8.00. The van der Waals surface area contributed by atoms with Crippen LogP contribution in [0.25, 0.3) is 0 Å². The summed E-state index contributed by atoms with van der Waals surface area (Å²) in [6, 6.07) is 10.2. The Morgan fingerprint density at radius 1 is 1.27 bits per heavy atom. The van der Waals surface area contributed by atoms with Crippen molar-refractivity contribution in [3.05, 3.63) is 30.3 Å². The van der Waals surface area contributed by atoms with Crippen LogP contribution in [0, 0.1) is 5.92 Å². The van der Waals surface area contributed by atoms with Gasteiger partial charge in [-0.1, -0.05) is 37.2 Å². The maximum absolute atomic E-state index is 8.81. The SMILES string of the molecule is C/C(=N\O)[C@H](Sc1ccccc1)C(C)C. The molecular formula is C12H17NOS. The fraction of sp³-hybridized carbons (Fsp3) is 0.417. The van der Waals surface area contributed by atoms with E-state index in [4.69, 9.17) is 5.21 Å². The molecule has 0 saturated heterocycles. The third-order valence-electron chi connectivity index (χ3n) is 2.18. The summed E-state index contributed by atoms with van der Waals surface area (Å²) >= 11 is 1.74. The lowest BCUT2D eigenvalue weighted by molar-refractivity contribution is 0.316. The van der Waals surface area contributed by atoms with Crippen molar-refractivity contribution in [1.82, 2.24) is 0 Å². The van der Waals surface area contributed by atoms with Crippen LogP contribution in [0.1, 0.15) is 20.8 Å². The minimum Gasteiger partial charge on any atom is -0.411 e. The fourth-order valence-electron chi connectivity index (χ4n) is 1.41. The second-order valence-corrected chi connectivity index (χ2v) is 5.05. The summed E-state index contributed by atoms with van der Waals surface area (Å²) in [7, 11) is 0. The van der Waals surface area contributed by atoms with Gasteiger partial charge in [0, 0.05) is 4.90 Å². The van der Waals surface area contributed by atoms with Gasteiger partial charge in [-0.2, -0.15) is 0 Å². The molecule has 1 aromatic carbocycles. The molecular weight excluding hydrogens is 206 g/mol. The van der Waals surface area contributed by atoms with Crippen LogP contribution in [0.15, 0.2) is 40.4 Å². The van der Waals surface area contributed by atoms with Crippen LogP contribution in [0.3, 0.4) is 0 Å². The molecule has 82 valence electrons. The maximum atomic E-state index is 8.81. The first-order chi connectivity index (χ1) is 7.15. The predicted octanol–water partition coefficient (Wildman–Crippen LogP) is 3.65. The van der Waals surface area contributed by atoms with Gasteiger partial charge in [0.15, 0.2) is 0 Å². The van der Waals surface area contributed by atoms with Gasteiger partial charge < -0.3 is 5.21 Å². The van der Waals surface area contributed by atoms with Gasteiger partial charge in [-0.25, -0.2) is 0 Å². The van der Waals surface area contributed by atoms with E-state index in [0.29, 0.717) is 5.92 Å². The molecule has 3 heteroatoms. The number of hydrogen-bond donors (Lipinski definition) is 1. The second-order valence-electron chi connectivity index (χ2n) is 3.84. The van der Waals surface area contributed by atoms with Gasteiger partial charge in [-0.3, -0.25) is 0 Å². The number of oxime groups is 1. The Kier molecular flexibility index (Phi) is 4.69. The molecule has 0 aliphatic carbocycles. The zero-order valence-electron chi connectivity index (χ0n) is 9.34. The molecule has 0 saturated carbocycles. The van der Waals surface area contributed by atoms with Crippen molar-refractivity contribution in [2.75, 3.05) is 0 Å². The van der Waals surface area contributed by atoms with Crippen LogP contribution in [0.5, 0.6) is 0 Å². The Bertz CT molecular complexity index is 322. The summed E-state index contributed by atoms with van der Waals surface area (Å²) in [5.74, 6) is 0.450. The highest BCUT2D eigenvalue weighted by Gasteiger charge is 2.18. The first kappa shape index (κ1) is 12.1. The van der Waals surface area contributed by atoms with Crippen LogP contribution in [0.2, 0.25) is 0 Å². The van der Waals surface area contributed by atoms with E-state index < -0.39 is 0 Å². The summed E-state index contributed by atoms with van der Waals surface area (Å²) in [6.45, 7) is 6.13. The summed E-state index contributed by atoms with van der Waals surface area (Å²) in [5.41, 5.74) is 0.777. The van der Waals surface area contributed by atoms with E-state index in [-0.39, 0.29) is 5.25 Å². The predicted molar refractivity (Wildman–Crippen MR) is 65.8 cm³/mol. The first-order valence-electron chi connectivity index (χ1n) is 5.05. The zero-order valence-corrected chi connectivity index (χ0v) is 10.2. The third kappa shape index (κ3) is 3.59. The summed E-state index contributed by atoms with van der Waals surface area (Å²) in [5, 5.41) is 12.3. The molecule has 1 atom stereocenters. The lowest BCUT2D eigenvalue weighted by Gasteiger charge is -2.19. The molecule has 0 amide bonds. The molecule has 1 N–H and O–H groups in total. The van der Waals surface area contributed by atoms with Gasteiger partial charge in [-0.15, -0.1) is 11.8 Å². The van der Waals surface area contributed by atoms with Gasteiger partial charge in [0.05, 0.1) is 11.0 Å². The Hall–Kier alpha value is -0.960. The summed E-state index contributed by atoms with van der Waals surface area (Å²) in [6.07, 6.45) is 0. The van der Waals surface area contributed by atoms with E-state index in [2.05, 4.69) is 31.1 Å². The van der Waals surface area contributed by atoms with Crippen molar-refractivity contribution in [1.29, 1.82) is 0 Å². The van der Waals surface area contributed by atoms with Crippen LogP contribution in [0.4, 0.5) is 0 Å². The van der Waals surface area contributed by atoms with Crippen molar-refractivity contribution in [2.24, 2.45) is 11.1 Å². The molecule has 0 aliphatic rings. The number of rotatable bonds is 4. The molecule has 0 aromatic heterocycles. The quantitative estimate of drug-likeness (QED) is 0.366. The molecule has 0 unspecified atom stereocenters.